The predicted molar refractivity (Wildman–Crippen MR) is 214 cm³/mol. The van der Waals surface area contributed by atoms with Crippen LogP contribution in [0.25, 0.3) is 0 Å². The van der Waals surface area contributed by atoms with Gasteiger partial charge in [-0.3, -0.25) is 0 Å². The molecule has 0 radical (unpaired) electrons. The first kappa shape index (κ1) is 46.0. The summed E-state index contributed by atoms with van der Waals surface area (Å²) in [6.07, 6.45) is 57.1. The van der Waals surface area contributed by atoms with E-state index in [1.54, 1.807) is 0 Å². The lowest BCUT2D eigenvalue weighted by Gasteiger charge is -2.22. The van der Waals surface area contributed by atoms with Crippen LogP contribution in [-0.2, 0) is 0 Å². The molecule has 0 aromatic heterocycles. The Kier molecular flexibility index (Phi) is 42.9. The van der Waals surface area contributed by atoms with Gasteiger partial charge in [0.25, 0.3) is 0 Å². The molecule has 0 spiro atoms. The summed E-state index contributed by atoms with van der Waals surface area (Å²) in [4.78, 5) is 2.87. The van der Waals surface area contributed by atoms with Crippen molar-refractivity contribution in [3.8, 4) is 0 Å². The molecule has 46 heavy (non-hydrogen) atoms. The lowest BCUT2D eigenvalue weighted by atomic mass is 10.0. The molecule has 0 rings (SSSR count). The third-order valence-corrected chi connectivity index (χ3v) is 10.7. The number of hydrogen-bond acceptors (Lipinski definition) is 1. The lowest BCUT2D eigenvalue weighted by molar-refractivity contribution is 0.254. The highest BCUT2D eigenvalue weighted by atomic mass is 15.1. The maximum absolute atomic E-state index is 2.87. The second-order valence-electron chi connectivity index (χ2n) is 15.6. The van der Waals surface area contributed by atoms with E-state index in [2.05, 4.69) is 25.7 Å². The summed E-state index contributed by atoms with van der Waals surface area (Å²) in [6, 6.07) is 0. The SMILES string of the molecule is CCCCCCCCCCCCCCCN(CCCCCCCCCCCCCCC)CCCCCCCCCCCCCCC. The van der Waals surface area contributed by atoms with E-state index in [1.165, 1.54) is 270 Å². The molecule has 0 heterocycles. The fraction of sp³-hybridized carbons (Fsp3) is 1.00. The van der Waals surface area contributed by atoms with E-state index < -0.39 is 0 Å². The first-order chi connectivity index (χ1) is 22.8. The average Bonchev–Trinajstić information content (AvgIpc) is 3.07. The van der Waals surface area contributed by atoms with E-state index in [0.29, 0.717) is 0 Å². The van der Waals surface area contributed by atoms with Crippen LogP contribution in [0.3, 0.4) is 0 Å². The van der Waals surface area contributed by atoms with Gasteiger partial charge in [-0.05, 0) is 38.9 Å². The fourth-order valence-corrected chi connectivity index (χ4v) is 7.39. The zero-order valence-corrected chi connectivity index (χ0v) is 33.1. The molecule has 0 N–H and O–H groups in total. The predicted octanol–water partition coefficient (Wildman–Crippen LogP) is 16.6. The molecule has 0 aliphatic heterocycles. The zero-order chi connectivity index (χ0) is 33.3. The minimum absolute atomic E-state index is 1.37. The molecule has 0 saturated carbocycles. The van der Waals surface area contributed by atoms with Crippen LogP contribution in [0.5, 0.6) is 0 Å². The van der Waals surface area contributed by atoms with Crippen molar-refractivity contribution in [3.63, 3.8) is 0 Å². The second kappa shape index (κ2) is 43.0. The molecule has 0 aliphatic carbocycles. The fourth-order valence-electron chi connectivity index (χ4n) is 7.39. The quantitative estimate of drug-likeness (QED) is 0.0596. The van der Waals surface area contributed by atoms with Gasteiger partial charge in [0.15, 0.2) is 0 Å². The van der Waals surface area contributed by atoms with Crippen LogP contribution >= 0.6 is 0 Å². The second-order valence-corrected chi connectivity index (χ2v) is 15.6. The Morgan fingerprint density at radius 3 is 0.457 bits per heavy atom. The van der Waals surface area contributed by atoms with Gasteiger partial charge >= 0.3 is 0 Å². The molecule has 1 nitrogen and oxygen atoms in total. The van der Waals surface area contributed by atoms with Gasteiger partial charge in [0, 0.05) is 0 Å². The van der Waals surface area contributed by atoms with Gasteiger partial charge in [0.2, 0.25) is 0 Å². The molecule has 0 atom stereocenters. The van der Waals surface area contributed by atoms with Gasteiger partial charge in [-0.1, -0.05) is 252 Å². The Morgan fingerprint density at radius 2 is 0.304 bits per heavy atom. The van der Waals surface area contributed by atoms with Crippen molar-refractivity contribution in [3.05, 3.63) is 0 Å². The summed E-state index contributed by atoms with van der Waals surface area (Å²) in [5.41, 5.74) is 0. The molecule has 0 amide bonds. The molecular weight excluding hydrogens is 555 g/mol. The third-order valence-electron chi connectivity index (χ3n) is 10.7. The summed E-state index contributed by atoms with van der Waals surface area (Å²) >= 11 is 0. The Labute approximate surface area is 295 Å². The maximum atomic E-state index is 2.87. The van der Waals surface area contributed by atoms with Crippen molar-refractivity contribution in [2.75, 3.05) is 19.6 Å². The number of hydrogen-bond donors (Lipinski definition) is 0. The summed E-state index contributed by atoms with van der Waals surface area (Å²) < 4.78 is 0. The number of nitrogens with zero attached hydrogens (tertiary/aromatic N) is 1. The molecule has 0 unspecified atom stereocenters. The van der Waals surface area contributed by atoms with E-state index in [-0.39, 0.29) is 0 Å². The molecular formula is C45H93N. The van der Waals surface area contributed by atoms with E-state index in [4.69, 9.17) is 0 Å². The highest BCUT2D eigenvalue weighted by Crippen LogP contribution is 2.16. The summed E-state index contributed by atoms with van der Waals surface area (Å²) in [6.45, 7) is 11.1. The zero-order valence-electron chi connectivity index (χ0n) is 33.1. The average molecular weight is 648 g/mol. The first-order valence-corrected chi connectivity index (χ1v) is 22.6. The van der Waals surface area contributed by atoms with Crippen LogP contribution in [0.2, 0.25) is 0 Å². The van der Waals surface area contributed by atoms with Gasteiger partial charge in [-0.2, -0.15) is 0 Å². The summed E-state index contributed by atoms with van der Waals surface area (Å²) in [7, 11) is 0. The maximum Gasteiger partial charge on any atom is -0.00187 e. The molecule has 0 saturated heterocycles. The van der Waals surface area contributed by atoms with E-state index >= 15 is 0 Å². The van der Waals surface area contributed by atoms with Crippen molar-refractivity contribution >= 4 is 0 Å². The number of unbranched alkanes of at least 4 members (excludes halogenated alkanes) is 36. The Bertz CT molecular complexity index is 430. The van der Waals surface area contributed by atoms with Crippen molar-refractivity contribution in [1.29, 1.82) is 0 Å². The highest BCUT2D eigenvalue weighted by Gasteiger charge is 2.05. The molecule has 0 aromatic rings. The topological polar surface area (TPSA) is 3.24 Å². The van der Waals surface area contributed by atoms with Crippen molar-refractivity contribution in [2.45, 2.75) is 271 Å². The summed E-state index contributed by atoms with van der Waals surface area (Å²) in [5.74, 6) is 0. The van der Waals surface area contributed by atoms with Crippen molar-refractivity contribution in [1.82, 2.24) is 4.90 Å². The van der Waals surface area contributed by atoms with Crippen LogP contribution in [-0.4, -0.2) is 24.5 Å². The first-order valence-electron chi connectivity index (χ1n) is 22.6. The van der Waals surface area contributed by atoms with Gasteiger partial charge < -0.3 is 4.90 Å². The lowest BCUT2D eigenvalue weighted by Crippen LogP contribution is -2.27. The van der Waals surface area contributed by atoms with Crippen LogP contribution in [0, 0.1) is 0 Å². The monoisotopic (exact) mass is 648 g/mol. The van der Waals surface area contributed by atoms with E-state index in [9.17, 15) is 0 Å². The standard InChI is InChI=1S/C45H93N/c1-4-7-10-13-16-19-22-25-28-31-34-37-40-43-46(44-41-38-35-32-29-26-23-20-17-14-11-8-5-2)45-42-39-36-33-30-27-24-21-18-15-12-9-6-3/h4-45H2,1-3H3. The minimum Gasteiger partial charge on any atom is -0.303 e. The largest absolute Gasteiger partial charge is 0.303 e. The summed E-state index contributed by atoms with van der Waals surface area (Å²) in [5, 5.41) is 0. The van der Waals surface area contributed by atoms with Crippen molar-refractivity contribution in [2.24, 2.45) is 0 Å². The Morgan fingerprint density at radius 1 is 0.174 bits per heavy atom. The van der Waals surface area contributed by atoms with E-state index in [1.807, 2.05) is 0 Å². The van der Waals surface area contributed by atoms with Crippen LogP contribution < -0.4 is 0 Å². The highest BCUT2D eigenvalue weighted by molar-refractivity contribution is 4.61. The number of rotatable bonds is 42. The minimum atomic E-state index is 1.37. The Hall–Kier alpha value is -0.0400. The molecule has 0 aliphatic rings. The van der Waals surface area contributed by atoms with Crippen LogP contribution in [0.4, 0.5) is 0 Å². The smallest absolute Gasteiger partial charge is 0.00187 e. The van der Waals surface area contributed by atoms with Crippen LogP contribution in [0.1, 0.15) is 271 Å². The molecule has 0 bridgehead atoms. The molecule has 278 valence electrons. The van der Waals surface area contributed by atoms with Gasteiger partial charge in [-0.25, -0.2) is 0 Å². The van der Waals surface area contributed by atoms with Crippen LogP contribution in [0.15, 0.2) is 0 Å². The Balaban J connectivity index is 3.91. The normalized spacial score (nSPS) is 11.7. The molecule has 0 aromatic carbocycles. The van der Waals surface area contributed by atoms with Gasteiger partial charge in [0.1, 0.15) is 0 Å². The third kappa shape index (κ3) is 40.1. The van der Waals surface area contributed by atoms with Gasteiger partial charge in [-0.15, -0.1) is 0 Å². The van der Waals surface area contributed by atoms with Crippen molar-refractivity contribution < 1.29 is 0 Å². The molecule has 1 heteroatoms. The van der Waals surface area contributed by atoms with Gasteiger partial charge in [0.05, 0.1) is 0 Å². The molecule has 0 fully saturated rings. The van der Waals surface area contributed by atoms with E-state index in [0.717, 1.165) is 0 Å².